The smallest absolute Gasteiger partial charge is 0.295 e. The number of halogens is 1. The van der Waals surface area contributed by atoms with E-state index in [4.69, 9.17) is 16.3 Å². The molecule has 1 aromatic heterocycles. The fraction of sp³-hybridized carbons (Fsp3) is 0.375. The van der Waals surface area contributed by atoms with E-state index in [1.165, 1.54) is 4.90 Å². The predicted molar refractivity (Wildman–Crippen MR) is 124 cm³/mol. The zero-order valence-electron chi connectivity index (χ0n) is 18.5. The van der Waals surface area contributed by atoms with Gasteiger partial charge in [0.15, 0.2) is 0 Å². The molecule has 1 fully saturated rings. The van der Waals surface area contributed by atoms with Gasteiger partial charge in [0.25, 0.3) is 11.7 Å². The standard InChI is InChI=1S/C24H28ClN3O4/c1-4-27(5-2)13-14-28-21(16-9-11-26-12-10-16)20(23(30)24(28)31)22(29)17-7-8-18(25)19(15-17)32-6-3/h7-12,15,21,29H,4-6,13-14H2,1-3H3/b22-20-. The van der Waals surface area contributed by atoms with E-state index in [1.807, 2.05) is 6.92 Å². The van der Waals surface area contributed by atoms with Crippen molar-refractivity contribution in [1.82, 2.24) is 14.8 Å². The number of hydrogen-bond acceptors (Lipinski definition) is 6. The van der Waals surface area contributed by atoms with E-state index in [0.717, 1.165) is 13.1 Å². The van der Waals surface area contributed by atoms with E-state index in [2.05, 4.69) is 23.7 Å². The largest absolute Gasteiger partial charge is 0.507 e. The van der Waals surface area contributed by atoms with E-state index in [0.29, 0.717) is 41.6 Å². The van der Waals surface area contributed by atoms with Crippen LogP contribution in [0.4, 0.5) is 0 Å². The number of ether oxygens (including phenoxy) is 1. The summed E-state index contributed by atoms with van der Waals surface area (Å²) in [6.45, 7) is 8.99. The van der Waals surface area contributed by atoms with E-state index >= 15 is 0 Å². The number of likely N-dealkylation sites (N-methyl/N-ethyl adjacent to an activating group) is 1. The third-order valence-electron chi connectivity index (χ3n) is 5.62. The molecule has 0 spiro atoms. The Labute approximate surface area is 193 Å². The zero-order chi connectivity index (χ0) is 23.3. The van der Waals surface area contributed by atoms with Gasteiger partial charge in [-0.3, -0.25) is 14.6 Å². The number of carbonyl (C=O) groups is 2. The molecule has 170 valence electrons. The summed E-state index contributed by atoms with van der Waals surface area (Å²) in [5, 5.41) is 11.6. The Kier molecular flexibility index (Phi) is 7.88. The second-order valence-corrected chi connectivity index (χ2v) is 7.79. The minimum Gasteiger partial charge on any atom is -0.507 e. The number of nitrogens with zero attached hydrogens (tertiary/aromatic N) is 3. The molecule has 2 heterocycles. The van der Waals surface area contributed by atoms with Crippen LogP contribution in [0.15, 0.2) is 48.3 Å². The number of amides is 1. The maximum Gasteiger partial charge on any atom is 0.295 e. The van der Waals surface area contributed by atoms with Crippen molar-refractivity contribution in [3.8, 4) is 5.75 Å². The molecule has 3 rings (SSSR count). The zero-order valence-corrected chi connectivity index (χ0v) is 19.3. The Hall–Kier alpha value is -2.90. The first-order valence-corrected chi connectivity index (χ1v) is 11.1. The first kappa shape index (κ1) is 23.8. The normalized spacial score (nSPS) is 17.9. The molecular weight excluding hydrogens is 430 g/mol. The maximum absolute atomic E-state index is 13.1. The third-order valence-corrected chi connectivity index (χ3v) is 5.93. The summed E-state index contributed by atoms with van der Waals surface area (Å²) in [5.74, 6) is -1.20. The molecule has 0 aliphatic carbocycles. The highest BCUT2D eigenvalue weighted by Crippen LogP contribution is 2.40. The predicted octanol–water partition coefficient (Wildman–Crippen LogP) is 3.90. The molecule has 1 amide bonds. The van der Waals surface area contributed by atoms with Crippen LogP contribution in [0.2, 0.25) is 5.02 Å². The van der Waals surface area contributed by atoms with Gasteiger partial charge < -0.3 is 19.6 Å². The van der Waals surface area contributed by atoms with Gasteiger partial charge in [-0.15, -0.1) is 0 Å². The molecule has 7 nitrogen and oxygen atoms in total. The van der Waals surface area contributed by atoms with Crippen molar-refractivity contribution in [2.75, 3.05) is 32.8 Å². The van der Waals surface area contributed by atoms with Crippen molar-refractivity contribution in [1.29, 1.82) is 0 Å². The summed E-state index contributed by atoms with van der Waals surface area (Å²) in [7, 11) is 0. The van der Waals surface area contributed by atoms with Gasteiger partial charge in [-0.1, -0.05) is 25.4 Å². The number of Topliss-reactive ketones (excluding diaryl/α,β-unsaturated/α-hetero) is 1. The highest BCUT2D eigenvalue weighted by molar-refractivity contribution is 6.46. The highest BCUT2D eigenvalue weighted by Gasteiger charge is 2.46. The molecule has 0 saturated carbocycles. The Morgan fingerprint density at radius 1 is 1.16 bits per heavy atom. The minimum absolute atomic E-state index is 0.0468. The van der Waals surface area contributed by atoms with Crippen molar-refractivity contribution in [3.63, 3.8) is 0 Å². The summed E-state index contributed by atoms with van der Waals surface area (Å²) >= 11 is 6.17. The van der Waals surface area contributed by atoms with E-state index in [1.54, 1.807) is 42.7 Å². The number of rotatable bonds is 9. The van der Waals surface area contributed by atoms with E-state index in [-0.39, 0.29) is 11.3 Å². The van der Waals surface area contributed by atoms with Crippen molar-refractivity contribution >= 4 is 29.1 Å². The van der Waals surface area contributed by atoms with Crippen LogP contribution < -0.4 is 4.74 Å². The SMILES string of the molecule is CCOc1cc(/C(O)=C2/C(=O)C(=O)N(CCN(CC)CC)C2c2ccncc2)ccc1Cl. The van der Waals surface area contributed by atoms with Crippen LogP contribution in [0.5, 0.6) is 5.75 Å². The first-order valence-electron chi connectivity index (χ1n) is 10.8. The number of aliphatic hydroxyl groups is 1. The van der Waals surface area contributed by atoms with Crippen LogP contribution in [0, 0.1) is 0 Å². The fourth-order valence-electron chi connectivity index (χ4n) is 3.86. The van der Waals surface area contributed by atoms with Gasteiger partial charge in [-0.05, 0) is 55.9 Å². The van der Waals surface area contributed by atoms with Crippen molar-refractivity contribution < 1.29 is 19.4 Å². The number of pyridine rings is 1. The molecule has 1 unspecified atom stereocenters. The Morgan fingerprint density at radius 3 is 2.47 bits per heavy atom. The van der Waals surface area contributed by atoms with Crippen LogP contribution in [-0.2, 0) is 9.59 Å². The number of ketones is 1. The van der Waals surface area contributed by atoms with Crippen LogP contribution in [0.1, 0.15) is 37.9 Å². The number of aromatic nitrogens is 1. The summed E-state index contributed by atoms with van der Waals surface area (Å²) in [6, 6.07) is 7.57. The van der Waals surface area contributed by atoms with Gasteiger partial charge in [0.1, 0.15) is 11.5 Å². The van der Waals surface area contributed by atoms with Gasteiger partial charge in [-0.2, -0.15) is 0 Å². The van der Waals surface area contributed by atoms with E-state index < -0.39 is 17.7 Å². The Morgan fingerprint density at radius 2 is 1.84 bits per heavy atom. The van der Waals surface area contributed by atoms with Crippen LogP contribution in [-0.4, -0.2) is 64.4 Å². The van der Waals surface area contributed by atoms with Crippen molar-refractivity contribution in [2.24, 2.45) is 0 Å². The second-order valence-electron chi connectivity index (χ2n) is 7.38. The number of likely N-dealkylation sites (tertiary alicyclic amines) is 1. The third kappa shape index (κ3) is 4.79. The second kappa shape index (κ2) is 10.6. The monoisotopic (exact) mass is 457 g/mol. The lowest BCUT2D eigenvalue weighted by atomic mass is 9.96. The number of hydrogen-bond donors (Lipinski definition) is 1. The molecule has 2 aromatic rings. The lowest BCUT2D eigenvalue weighted by molar-refractivity contribution is -0.140. The van der Waals surface area contributed by atoms with E-state index in [9.17, 15) is 14.7 Å². The van der Waals surface area contributed by atoms with Crippen molar-refractivity contribution in [2.45, 2.75) is 26.8 Å². The summed E-state index contributed by atoms with van der Waals surface area (Å²) in [6.07, 6.45) is 3.21. The Bertz CT molecular complexity index is 1010. The van der Waals surface area contributed by atoms with Gasteiger partial charge in [0.2, 0.25) is 0 Å². The molecule has 1 aromatic carbocycles. The number of aliphatic hydroxyl groups excluding tert-OH is 1. The van der Waals surface area contributed by atoms with Crippen molar-refractivity contribution in [3.05, 3.63) is 64.4 Å². The van der Waals surface area contributed by atoms with Crippen LogP contribution in [0.3, 0.4) is 0 Å². The lowest BCUT2D eigenvalue weighted by Crippen LogP contribution is -2.38. The maximum atomic E-state index is 13.1. The molecule has 0 bridgehead atoms. The lowest BCUT2D eigenvalue weighted by Gasteiger charge is -2.28. The number of carbonyl (C=O) groups excluding carboxylic acids is 2. The summed E-state index contributed by atoms with van der Waals surface area (Å²) < 4.78 is 5.52. The quantitative estimate of drug-likeness (QED) is 0.349. The van der Waals surface area contributed by atoms with Gasteiger partial charge in [0, 0.05) is 31.0 Å². The first-order chi connectivity index (χ1) is 15.4. The minimum atomic E-state index is -0.711. The molecule has 32 heavy (non-hydrogen) atoms. The molecule has 1 aliphatic rings. The molecule has 1 atom stereocenters. The molecule has 8 heteroatoms. The molecule has 1 aliphatic heterocycles. The van der Waals surface area contributed by atoms with Crippen LogP contribution >= 0.6 is 11.6 Å². The average Bonchev–Trinajstić information content (AvgIpc) is 3.06. The highest BCUT2D eigenvalue weighted by atomic mass is 35.5. The molecular formula is C24H28ClN3O4. The summed E-state index contributed by atoms with van der Waals surface area (Å²) in [5.41, 5.74) is 1.11. The number of benzene rings is 1. The fourth-order valence-corrected chi connectivity index (χ4v) is 4.04. The molecule has 1 saturated heterocycles. The molecule has 0 radical (unpaired) electrons. The topological polar surface area (TPSA) is 83.0 Å². The average molecular weight is 458 g/mol. The van der Waals surface area contributed by atoms with Gasteiger partial charge in [0.05, 0.1) is 23.2 Å². The summed E-state index contributed by atoms with van der Waals surface area (Å²) in [4.78, 5) is 33.8. The molecule has 1 N–H and O–H groups in total. The van der Waals surface area contributed by atoms with Gasteiger partial charge >= 0.3 is 0 Å². The Balaban J connectivity index is 2.09. The van der Waals surface area contributed by atoms with Gasteiger partial charge in [-0.25, -0.2) is 0 Å². The van der Waals surface area contributed by atoms with Crippen LogP contribution in [0.25, 0.3) is 5.76 Å².